The van der Waals surface area contributed by atoms with Gasteiger partial charge in [-0.25, -0.2) is 13.4 Å². The van der Waals surface area contributed by atoms with Crippen molar-refractivity contribution in [2.24, 2.45) is 0 Å². The number of carbonyl (C=O) groups is 1. The van der Waals surface area contributed by atoms with E-state index < -0.39 is 15.9 Å². The van der Waals surface area contributed by atoms with Crippen molar-refractivity contribution >= 4 is 26.8 Å². The number of hydrazine groups is 1. The number of rotatable bonds is 4. The van der Waals surface area contributed by atoms with Crippen LogP contribution in [0.3, 0.4) is 0 Å². The van der Waals surface area contributed by atoms with Gasteiger partial charge < -0.3 is 0 Å². The highest BCUT2D eigenvalue weighted by molar-refractivity contribution is 7.89. The Kier molecular flexibility index (Phi) is 4.43. The van der Waals surface area contributed by atoms with Gasteiger partial charge in [0.2, 0.25) is 0 Å². The van der Waals surface area contributed by atoms with E-state index in [1.807, 2.05) is 23.0 Å². The van der Waals surface area contributed by atoms with Gasteiger partial charge in [0.15, 0.2) is 0 Å². The lowest BCUT2D eigenvalue weighted by atomic mass is 10.2. The quantitative estimate of drug-likeness (QED) is 0.695. The largest absolute Gasteiger partial charge is 0.284 e. The lowest BCUT2D eigenvalue weighted by Gasteiger charge is -2.08. The number of nitrogens with one attached hydrogen (secondary N) is 2. The Hall–Kier alpha value is -3.28. The Bertz CT molecular complexity index is 1100. The number of aromatic nitrogens is 1. The second-order valence-corrected chi connectivity index (χ2v) is 6.77. The number of para-hydroxylation sites is 1. The van der Waals surface area contributed by atoms with Gasteiger partial charge in [0.1, 0.15) is 5.69 Å². The molecule has 1 amide bonds. The summed E-state index contributed by atoms with van der Waals surface area (Å²) in [5, 5.41) is 9.71. The fourth-order valence-electron chi connectivity index (χ4n) is 2.16. The number of sulfonamides is 1. The first kappa shape index (κ1) is 16.6. The number of amides is 1. The van der Waals surface area contributed by atoms with Crippen molar-refractivity contribution in [1.82, 2.24) is 15.2 Å². The lowest BCUT2D eigenvalue weighted by Crippen LogP contribution is -2.41. The number of nitrogens with zero attached hydrogens (tertiary/aromatic N) is 2. The maximum atomic E-state index is 12.2. The molecule has 0 aliphatic carbocycles. The molecule has 3 aromatic rings. The summed E-state index contributed by atoms with van der Waals surface area (Å²) < 4.78 is 24.4. The molecule has 2 N–H and O–H groups in total. The predicted octanol–water partition coefficient (Wildman–Crippen LogP) is 1.73. The van der Waals surface area contributed by atoms with E-state index >= 15 is 0 Å². The molecule has 3 rings (SSSR count). The van der Waals surface area contributed by atoms with Gasteiger partial charge in [0.05, 0.1) is 22.0 Å². The third-order valence-corrected chi connectivity index (χ3v) is 4.65. The summed E-state index contributed by atoms with van der Waals surface area (Å²) in [7, 11) is -4.00. The molecule has 8 heteroatoms. The fourth-order valence-corrected chi connectivity index (χ4v) is 3.05. The first-order valence-corrected chi connectivity index (χ1v) is 8.66. The smallest absolute Gasteiger partial charge is 0.272 e. The van der Waals surface area contributed by atoms with E-state index in [1.54, 1.807) is 18.2 Å². The number of fused-ring (bicyclic) bond motifs is 1. The van der Waals surface area contributed by atoms with E-state index in [-0.39, 0.29) is 16.2 Å². The zero-order valence-corrected chi connectivity index (χ0v) is 13.6. The molecule has 0 saturated heterocycles. The van der Waals surface area contributed by atoms with Gasteiger partial charge in [-0.05, 0) is 30.3 Å². The van der Waals surface area contributed by atoms with Crippen molar-refractivity contribution in [1.29, 1.82) is 5.26 Å². The summed E-state index contributed by atoms with van der Waals surface area (Å²) in [6, 6.07) is 17.8. The Labute approximate surface area is 144 Å². The molecule has 0 bridgehead atoms. The average molecular weight is 352 g/mol. The molecule has 2 aromatic carbocycles. The van der Waals surface area contributed by atoms with Crippen LogP contribution >= 0.6 is 0 Å². The van der Waals surface area contributed by atoms with Gasteiger partial charge in [-0.1, -0.05) is 30.3 Å². The van der Waals surface area contributed by atoms with E-state index in [4.69, 9.17) is 5.26 Å². The molecule has 0 saturated carbocycles. The van der Waals surface area contributed by atoms with Crippen LogP contribution < -0.4 is 10.3 Å². The van der Waals surface area contributed by atoms with Crippen LogP contribution in [0.2, 0.25) is 0 Å². The minimum atomic E-state index is -4.00. The molecule has 0 fully saturated rings. The van der Waals surface area contributed by atoms with Crippen LogP contribution in [0.1, 0.15) is 16.1 Å². The van der Waals surface area contributed by atoms with Crippen molar-refractivity contribution in [3.63, 3.8) is 0 Å². The molecular weight excluding hydrogens is 340 g/mol. The van der Waals surface area contributed by atoms with E-state index in [0.29, 0.717) is 5.52 Å². The zero-order valence-electron chi connectivity index (χ0n) is 12.8. The number of benzene rings is 2. The number of pyridine rings is 1. The fraction of sp³-hybridized carbons (Fsp3) is 0. The topological polar surface area (TPSA) is 112 Å². The normalized spacial score (nSPS) is 11.0. The lowest BCUT2D eigenvalue weighted by molar-refractivity contribution is 0.0940. The van der Waals surface area contributed by atoms with Gasteiger partial charge in [-0.15, -0.1) is 4.83 Å². The number of hydrogen-bond acceptors (Lipinski definition) is 5. The first-order chi connectivity index (χ1) is 12.0. The minimum Gasteiger partial charge on any atom is -0.272 e. The van der Waals surface area contributed by atoms with Crippen LogP contribution in [0, 0.1) is 11.3 Å². The summed E-state index contributed by atoms with van der Waals surface area (Å²) in [5.74, 6) is -0.689. The maximum Gasteiger partial charge on any atom is 0.284 e. The molecule has 0 atom stereocenters. The van der Waals surface area contributed by atoms with Crippen molar-refractivity contribution in [3.8, 4) is 6.07 Å². The van der Waals surface area contributed by atoms with Crippen molar-refractivity contribution in [2.45, 2.75) is 4.90 Å². The van der Waals surface area contributed by atoms with Crippen LogP contribution in [-0.2, 0) is 10.0 Å². The molecule has 0 spiro atoms. The Morgan fingerprint density at radius 1 is 1.04 bits per heavy atom. The van der Waals surface area contributed by atoms with Gasteiger partial charge >= 0.3 is 0 Å². The monoisotopic (exact) mass is 352 g/mol. The SMILES string of the molecule is N#Cc1cccc(S(=O)(=O)NNC(=O)c2ccc3ccccc3n2)c1. The van der Waals surface area contributed by atoms with E-state index in [1.165, 1.54) is 30.3 Å². The second kappa shape index (κ2) is 6.68. The van der Waals surface area contributed by atoms with E-state index in [0.717, 1.165) is 5.39 Å². The summed E-state index contributed by atoms with van der Waals surface area (Å²) in [6.07, 6.45) is 0. The Balaban J connectivity index is 1.77. The average Bonchev–Trinajstić information content (AvgIpc) is 2.65. The van der Waals surface area contributed by atoms with Crippen LogP contribution in [0.5, 0.6) is 0 Å². The zero-order chi connectivity index (χ0) is 17.9. The molecule has 0 unspecified atom stereocenters. The van der Waals surface area contributed by atoms with E-state index in [2.05, 4.69) is 10.4 Å². The summed E-state index contributed by atoms with van der Waals surface area (Å²) >= 11 is 0. The highest BCUT2D eigenvalue weighted by atomic mass is 32.2. The van der Waals surface area contributed by atoms with Crippen molar-refractivity contribution in [3.05, 3.63) is 71.9 Å². The van der Waals surface area contributed by atoms with Crippen LogP contribution in [-0.4, -0.2) is 19.3 Å². The molecule has 7 nitrogen and oxygen atoms in total. The second-order valence-electron chi connectivity index (χ2n) is 5.09. The molecule has 0 aliphatic rings. The first-order valence-electron chi connectivity index (χ1n) is 7.18. The summed E-state index contributed by atoms with van der Waals surface area (Å²) in [5.41, 5.74) is 3.02. The van der Waals surface area contributed by atoms with Crippen LogP contribution in [0.4, 0.5) is 0 Å². The molecule has 0 radical (unpaired) electrons. The van der Waals surface area contributed by atoms with E-state index in [9.17, 15) is 13.2 Å². The van der Waals surface area contributed by atoms with Gasteiger partial charge in [0, 0.05) is 5.39 Å². The number of nitriles is 1. The molecule has 124 valence electrons. The summed E-state index contributed by atoms with van der Waals surface area (Å²) in [4.78, 5) is 18.2. The highest BCUT2D eigenvalue weighted by Crippen LogP contribution is 2.12. The third-order valence-electron chi connectivity index (χ3n) is 3.40. The van der Waals surface area contributed by atoms with Crippen LogP contribution in [0.25, 0.3) is 10.9 Å². The number of hydrogen-bond donors (Lipinski definition) is 2. The molecular formula is C17H12N4O3S. The predicted molar refractivity (Wildman–Crippen MR) is 90.7 cm³/mol. The maximum absolute atomic E-state index is 12.2. The Morgan fingerprint density at radius 3 is 2.64 bits per heavy atom. The van der Waals surface area contributed by atoms with Gasteiger partial charge in [-0.3, -0.25) is 10.2 Å². The van der Waals surface area contributed by atoms with Crippen LogP contribution in [0.15, 0.2) is 65.6 Å². The molecule has 25 heavy (non-hydrogen) atoms. The molecule has 1 heterocycles. The molecule has 0 aliphatic heterocycles. The standard InChI is InChI=1S/C17H12N4O3S/c18-11-12-4-3-6-14(10-12)25(23,24)21-20-17(22)16-9-8-13-5-1-2-7-15(13)19-16/h1-10,21H,(H,20,22). The van der Waals surface area contributed by atoms with Crippen molar-refractivity contribution in [2.75, 3.05) is 0 Å². The van der Waals surface area contributed by atoms with Crippen molar-refractivity contribution < 1.29 is 13.2 Å². The summed E-state index contributed by atoms with van der Waals surface area (Å²) in [6.45, 7) is 0. The highest BCUT2D eigenvalue weighted by Gasteiger charge is 2.17. The minimum absolute atomic E-state index is 0.0761. The molecule has 1 aromatic heterocycles. The Morgan fingerprint density at radius 2 is 1.84 bits per heavy atom. The number of carbonyl (C=O) groups excluding carboxylic acids is 1. The van der Waals surface area contributed by atoms with Gasteiger partial charge in [-0.2, -0.15) is 5.26 Å². The third kappa shape index (κ3) is 3.63. The van der Waals surface area contributed by atoms with Gasteiger partial charge in [0.25, 0.3) is 15.9 Å².